The molecule has 6 nitrogen and oxygen atoms in total. The number of hydrogen-bond acceptors (Lipinski definition) is 3. The highest BCUT2D eigenvalue weighted by molar-refractivity contribution is 6.05. The number of carbonyl (C=O) groups excluding carboxylic acids is 1. The Labute approximate surface area is 131 Å². The maximum Gasteiger partial charge on any atom is 0.337 e. The summed E-state index contributed by atoms with van der Waals surface area (Å²) in [7, 11) is 0. The normalized spacial score (nSPS) is 10.5. The molecule has 2 aromatic carbocycles. The largest absolute Gasteiger partial charge is 0.478 e. The fourth-order valence-electron chi connectivity index (χ4n) is 2.33. The van der Waals surface area contributed by atoms with E-state index in [0.717, 1.165) is 10.9 Å². The second-order valence-electron chi connectivity index (χ2n) is 4.98. The Bertz CT molecular complexity index is 898. The van der Waals surface area contributed by atoms with E-state index < -0.39 is 12.0 Å². The number of carboxylic acids is 1. The summed E-state index contributed by atoms with van der Waals surface area (Å²) in [6.07, 6.45) is 0. The van der Waals surface area contributed by atoms with Crippen molar-refractivity contribution in [3.63, 3.8) is 0 Å². The van der Waals surface area contributed by atoms with Crippen LogP contribution in [0.5, 0.6) is 0 Å². The van der Waals surface area contributed by atoms with Gasteiger partial charge in [-0.25, -0.2) is 9.59 Å². The number of carbonyl (C=O) groups is 2. The first-order valence-corrected chi connectivity index (χ1v) is 6.94. The molecule has 0 saturated carbocycles. The van der Waals surface area contributed by atoms with Gasteiger partial charge in [0.2, 0.25) is 5.88 Å². The van der Waals surface area contributed by atoms with Crippen LogP contribution in [-0.4, -0.2) is 17.1 Å². The molecule has 0 aliphatic heterocycles. The highest BCUT2D eigenvalue weighted by Gasteiger charge is 2.15. The molecule has 0 saturated heterocycles. The molecular formula is C17H14N2O4. The number of aryl methyl sites for hydroxylation is 1. The smallest absolute Gasteiger partial charge is 0.337 e. The minimum atomic E-state index is -1.11. The SMILES string of the molecule is Cc1c(NC(=O)Nc2ccccc2C(=O)O)oc2ccccc12. The average Bonchev–Trinajstić information content (AvgIpc) is 2.84. The van der Waals surface area contributed by atoms with Crippen molar-refractivity contribution in [1.29, 1.82) is 0 Å². The van der Waals surface area contributed by atoms with E-state index >= 15 is 0 Å². The number of urea groups is 1. The first-order chi connectivity index (χ1) is 11.1. The zero-order chi connectivity index (χ0) is 16.4. The third-order valence-electron chi connectivity index (χ3n) is 3.48. The predicted molar refractivity (Wildman–Crippen MR) is 87.0 cm³/mol. The summed E-state index contributed by atoms with van der Waals surface area (Å²) in [4.78, 5) is 23.3. The third kappa shape index (κ3) is 2.87. The molecule has 23 heavy (non-hydrogen) atoms. The van der Waals surface area contributed by atoms with E-state index in [1.807, 2.05) is 31.2 Å². The van der Waals surface area contributed by atoms with Crippen LogP contribution in [0.2, 0.25) is 0 Å². The molecule has 3 N–H and O–H groups in total. The van der Waals surface area contributed by atoms with E-state index in [2.05, 4.69) is 10.6 Å². The van der Waals surface area contributed by atoms with Crippen LogP contribution >= 0.6 is 0 Å². The zero-order valence-electron chi connectivity index (χ0n) is 12.3. The van der Waals surface area contributed by atoms with Crippen molar-refractivity contribution >= 4 is 34.5 Å². The number of aromatic carboxylic acids is 1. The van der Waals surface area contributed by atoms with Crippen LogP contribution in [0.3, 0.4) is 0 Å². The van der Waals surface area contributed by atoms with Crippen molar-refractivity contribution in [2.45, 2.75) is 6.92 Å². The van der Waals surface area contributed by atoms with E-state index in [1.165, 1.54) is 12.1 Å². The lowest BCUT2D eigenvalue weighted by Gasteiger charge is -2.08. The lowest BCUT2D eigenvalue weighted by Crippen LogP contribution is -2.21. The van der Waals surface area contributed by atoms with Gasteiger partial charge in [0.25, 0.3) is 0 Å². The molecule has 6 heteroatoms. The number of fused-ring (bicyclic) bond motifs is 1. The first-order valence-electron chi connectivity index (χ1n) is 6.94. The Kier molecular flexibility index (Phi) is 3.72. The number of benzene rings is 2. The highest BCUT2D eigenvalue weighted by atomic mass is 16.4. The van der Waals surface area contributed by atoms with Gasteiger partial charge in [0.05, 0.1) is 11.3 Å². The number of hydrogen-bond donors (Lipinski definition) is 3. The lowest BCUT2D eigenvalue weighted by molar-refractivity contribution is 0.0698. The zero-order valence-corrected chi connectivity index (χ0v) is 12.3. The van der Waals surface area contributed by atoms with Gasteiger partial charge >= 0.3 is 12.0 Å². The predicted octanol–water partition coefficient (Wildman–Crippen LogP) is 4.08. The van der Waals surface area contributed by atoms with Gasteiger partial charge in [-0.05, 0) is 25.1 Å². The fraction of sp³-hybridized carbons (Fsp3) is 0.0588. The first kappa shape index (κ1) is 14.6. The van der Waals surface area contributed by atoms with Crippen LogP contribution in [0.15, 0.2) is 52.9 Å². The quantitative estimate of drug-likeness (QED) is 0.679. The molecule has 0 fully saturated rings. The Hall–Kier alpha value is -3.28. The standard InChI is InChI=1S/C17H14N2O4/c1-10-11-6-3-5-9-14(11)23-15(10)19-17(22)18-13-8-4-2-7-12(13)16(20)21/h2-9H,1H3,(H,20,21)(H2,18,19,22). The van der Waals surface area contributed by atoms with Crippen molar-refractivity contribution < 1.29 is 19.1 Å². The van der Waals surface area contributed by atoms with Gasteiger partial charge in [-0.15, -0.1) is 0 Å². The Balaban J connectivity index is 1.82. The van der Waals surface area contributed by atoms with Crippen molar-refractivity contribution in [3.05, 3.63) is 59.7 Å². The molecule has 0 spiro atoms. The Morgan fingerprint density at radius 2 is 1.70 bits per heavy atom. The van der Waals surface area contributed by atoms with Gasteiger partial charge in [0.15, 0.2) is 0 Å². The lowest BCUT2D eigenvalue weighted by atomic mass is 10.2. The van der Waals surface area contributed by atoms with Crippen LogP contribution in [0.4, 0.5) is 16.4 Å². The van der Waals surface area contributed by atoms with E-state index in [-0.39, 0.29) is 11.3 Å². The van der Waals surface area contributed by atoms with Crippen LogP contribution in [0.1, 0.15) is 15.9 Å². The van der Waals surface area contributed by atoms with E-state index in [1.54, 1.807) is 12.1 Å². The topological polar surface area (TPSA) is 91.6 Å². The number of amides is 2. The number of furan rings is 1. The van der Waals surface area contributed by atoms with Crippen molar-refractivity contribution in [2.24, 2.45) is 0 Å². The van der Waals surface area contributed by atoms with Gasteiger partial charge in [-0.1, -0.05) is 30.3 Å². The molecular weight excluding hydrogens is 296 g/mol. The minimum absolute atomic E-state index is 0.0176. The van der Waals surface area contributed by atoms with E-state index in [4.69, 9.17) is 9.52 Å². The van der Waals surface area contributed by atoms with E-state index in [9.17, 15) is 9.59 Å². The van der Waals surface area contributed by atoms with Gasteiger partial charge in [0.1, 0.15) is 5.58 Å². The number of anilines is 2. The molecule has 0 atom stereocenters. The number of carboxylic acid groups (broad SMARTS) is 1. The molecule has 0 bridgehead atoms. The van der Waals surface area contributed by atoms with Crippen LogP contribution in [0.25, 0.3) is 11.0 Å². The summed E-state index contributed by atoms with van der Waals surface area (Å²) in [6, 6.07) is 13.1. The summed E-state index contributed by atoms with van der Waals surface area (Å²) < 4.78 is 5.60. The molecule has 0 unspecified atom stereocenters. The van der Waals surface area contributed by atoms with Crippen LogP contribution in [0, 0.1) is 6.92 Å². The second kappa shape index (κ2) is 5.84. The van der Waals surface area contributed by atoms with Crippen molar-refractivity contribution in [2.75, 3.05) is 10.6 Å². The molecule has 2 amide bonds. The maximum atomic E-state index is 12.1. The minimum Gasteiger partial charge on any atom is -0.478 e. The Morgan fingerprint density at radius 3 is 2.43 bits per heavy atom. The Morgan fingerprint density at radius 1 is 1.00 bits per heavy atom. The van der Waals surface area contributed by atoms with Crippen molar-refractivity contribution in [3.8, 4) is 0 Å². The molecule has 0 radical (unpaired) electrons. The van der Waals surface area contributed by atoms with Gasteiger partial charge in [-0.3, -0.25) is 5.32 Å². The van der Waals surface area contributed by atoms with Gasteiger partial charge < -0.3 is 14.8 Å². The van der Waals surface area contributed by atoms with Crippen LogP contribution in [-0.2, 0) is 0 Å². The average molecular weight is 310 g/mol. The summed E-state index contributed by atoms with van der Waals surface area (Å²) in [5.41, 5.74) is 1.71. The summed E-state index contributed by atoms with van der Waals surface area (Å²) in [5.74, 6) is -0.780. The number of para-hydroxylation sites is 2. The summed E-state index contributed by atoms with van der Waals surface area (Å²) in [6.45, 7) is 1.84. The molecule has 1 heterocycles. The third-order valence-corrected chi connectivity index (χ3v) is 3.48. The van der Waals surface area contributed by atoms with Gasteiger partial charge in [0, 0.05) is 10.9 Å². The maximum absolute atomic E-state index is 12.1. The summed E-state index contributed by atoms with van der Waals surface area (Å²) in [5, 5.41) is 15.2. The molecule has 0 aliphatic carbocycles. The van der Waals surface area contributed by atoms with Crippen molar-refractivity contribution in [1.82, 2.24) is 0 Å². The molecule has 1 aromatic heterocycles. The summed E-state index contributed by atoms with van der Waals surface area (Å²) >= 11 is 0. The number of rotatable bonds is 3. The molecule has 0 aliphatic rings. The van der Waals surface area contributed by atoms with E-state index in [0.29, 0.717) is 11.5 Å². The van der Waals surface area contributed by atoms with Crippen LogP contribution < -0.4 is 10.6 Å². The number of nitrogens with one attached hydrogen (secondary N) is 2. The molecule has 3 aromatic rings. The molecule has 3 rings (SSSR count). The monoisotopic (exact) mass is 310 g/mol. The highest BCUT2D eigenvalue weighted by Crippen LogP contribution is 2.29. The second-order valence-corrected chi connectivity index (χ2v) is 4.98. The van der Waals surface area contributed by atoms with Gasteiger partial charge in [-0.2, -0.15) is 0 Å². The molecule has 116 valence electrons. The fourth-order valence-corrected chi connectivity index (χ4v) is 2.33.